The van der Waals surface area contributed by atoms with Crippen molar-refractivity contribution in [1.82, 2.24) is 4.98 Å². The third-order valence-electron chi connectivity index (χ3n) is 2.71. The molecular formula is C14H14N2O3. The van der Waals surface area contributed by atoms with Gasteiger partial charge in [-0.05, 0) is 42.8 Å². The van der Waals surface area contributed by atoms with E-state index in [0.29, 0.717) is 5.82 Å². The van der Waals surface area contributed by atoms with Crippen LogP contribution in [-0.4, -0.2) is 23.2 Å². The van der Waals surface area contributed by atoms with E-state index in [1.807, 2.05) is 25.1 Å². The first kappa shape index (κ1) is 12.9. The minimum absolute atomic E-state index is 0.164. The molecule has 0 unspecified atom stereocenters. The smallest absolute Gasteiger partial charge is 0.337 e. The summed E-state index contributed by atoms with van der Waals surface area (Å²) in [5, 5.41) is 11.9. The monoisotopic (exact) mass is 258 g/mol. The van der Waals surface area contributed by atoms with Crippen LogP contribution in [0.2, 0.25) is 0 Å². The first-order chi connectivity index (χ1) is 9.10. The molecule has 1 heterocycles. The summed E-state index contributed by atoms with van der Waals surface area (Å²) in [5.74, 6) is 0.398. The molecule has 1 aromatic carbocycles. The molecule has 0 saturated heterocycles. The van der Waals surface area contributed by atoms with Gasteiger partial charge >= 0.3 is 5.97 Å². The maximum atomic E-state index is 10.7. The fraction of sp³-hybridized carbons (Fsp3) is 0.143. The molecule has 0 bridgehead atoms. The fourth-order valence-electron chi connectivity index (χ4n) is 1.64. The van der Waals surface area contributed by atoms with Crippen molar-refractivity contribution in [1.29, 1.82) is 0 Å². The Bertz CT molecular complexity index is 594. The lowest BCUT2D eigenvalue weighted by Crippen LogP contribution is -2.00. The van der Waals surface area contributed by atoms with Gasteiger partial charge in [0, 0.05) is 11.9 Å². The molecule has 0 spiro atoms. The highest BCUT2D eigenvalue weighted by Crippen LogP contribution is 2.23. The summed E-state index contributed by atoms with van der Waals surface area (Å²) in [6, 6.07) is 8.79. The number of nitrogens with zero attached hydrogens (tertiary/aromatic N) is 1. The molecule has 2 rings (SSSR count). The van der Waals surface area contributed by atoms with Gasteiger partial charge < -0.3 is 15.2 Å². The summed E-state index contributed by atoms with van der Waals surface area (Å²) in [6.07, 6.45) is 1.32. The normalized spacial score (nSPS) is 10.0. The SMILES string of the molecule is COc1ccc(Nc2ccc(C(=O)O)cn2)c(C)c1. The lowest BCUT2D eigenvalue weighted by atomic mass is 10.2. The van der Waals surface area contributed by atoms with Crippen LogP contribution in [0.3, 0.4) is 0 Å². The minimum atomic E-state index is -0.986. The molecule has 0 aliphatic carbocycles. The highest BCUT2D eigenvalue weighted by atomic mass is 16.5. The van der Waals surface area contributed by atoms with Gasteiger partial charge in [0.05, 0.1) is 12.7 Å². The minimum Gasteiger partial charge on any atom is -0.497 e. The van der Waals surface area contributed by atoms with E-state index < -0.39 is 5.97 Å². The molecule has 19 heavy (non-hydrogen) atoms. The molecule has 1 aromatic heterocycles. The predicted octanol–water partition coefficient (Wildman–Crippen LogP) is 2.84. The van der Waals surface area contributed by atoms with E-state index in [4.69, 9.17) is 9.84 Å². The zero-order valence-electron chi connectivity index (χ0n) is 10.7. The average molecular weight is 258 g/mol. The molecule has 2 aromatic rings. The molecule has 0 aliphatic heterocycles. The number of aryl methyl sites for hydroxylation is 1. The second-order valence-corrected chi connectivity index (χ2v) is 4.04. The van der Waals surface area contributed by atoms with E-state index in [0.717, 1.165) is 17.0 Å². The van der Waals surface area contributed by atoms with Crippen LogP contribution in [0.15, 0.2) is 36.5 Å². The van der Waals surface area contributed by atoms with Gasteiger partial charge in [-0.25, -0.2) is 9.78 Å². The maximum Gasteiger partial charge on any atom is 0.337 e. The Balaban J connectivity index is 2.19. The molecule has 5 heteroatoms. The number of pyridine rings is 1. The predicted molar refractivity (Wildman–Crippen MR) is 72.2 cm³/mol. The van der Waals surface area contributed by atoms with Crippen LogP contribution in [0.25, 0.3) is 0 Å². The van der Waals surface area contributed by atoms with Crippen molar-refractivity contribution >= 4 is 17.5 Å². The summed E-state index contributed by atoms with van der Waals surface area (Å²) < 4.78 is 5.13. The van der Waals surface area contributed by atoms with Crippen LogP contribution in [0, 0.1) is 6.92 Å². The molecule has 2 N–H and O–H groups in total. The zero-order valence-corrected chi connectivity index (χ0v) is 10.7. The van der Waals surface area contributed by atoms with Gasteiger partial charge in [-0.3, -0.25) is 0 Å². The van der Waals surface area contributed by atoms with Crippen LogP contribution >= 0.6 is 0 Å². The molecule has 0 saturated carbocycles. The topological polar surface area (TPSA) is 71.5 Å². The van der Waals surface area contributed by atoms with Crippen LogP contribution in [0.5, 0.6) is 5.75 Å². The number of carbonyl (C=O) groups is 1. The number of aromatic carboxylic acids is 1. The Hall–Kier alpha value is -2.56. The van der Waals surface area contributed by atoms with E-state index >= 15 is 0 Å². The van der Waals surface area contributed by atoms with Gasteiger partial charge in [-0.2, -0.15) is 0 Å². The number of rotatable bonds is 4. The lowest BCUT2D eigenvalue weighted by Gasteiger charge is -2.10. The van der Waals surface area contributed by atoms with E-state index in [1.165, 1.54) is 12.3 Å². The first-order valence-corrected chi connectivity index (χ1v) is 5.71. The Morgan fingerprint density at radius 2 is 2.11 bits per heavy atom. The second kappa shape index (κ2) is 5.39. The van der Waals surface area contributed by atoms with Gasteiger partial charge in [-0.15, -0.1) is 0 Å². The standard InChI is InChI=1S/C14H14N2O3/c1-9-7-11(19-2)4-5-12(9)16-13-6-3-10(8-15-13)14(17)18/h3-8H,1-2H3,(H,15,16)(H,17,18). The van der Waals surface area contributed by atoms with Crippen molar-refractivity contribution < 1.29 is 14.6 Å². The molecular weight excluding hydrogens is 244 g/mol. The first-order valence-electron chi connectivity index (χ1n) is 5.71. The number of methoxy groups -OCH3 is 1. The molecule has 98 valence electrons. The van der Waals surface area contributed by atoms with Gasteiger partial charge in [0.1, 0.15) is 11.6 Å². The van der Waals surface area contributed by atoms with Crippen molar-refractivity contribution in [3.05, 3.63) is 47.7 Å². The Kier molecular flexibility index (Phi) is 3.66. The summed E-state index contributed by atoms with van der Waals surface area (Å²) in [6.45, 7) is 1.95. The van der Waals surface area contributed by atoms with Crippen molar-refractivity contribution in [2.24, 2.45) is 0 Å². The van der Waals surface area contributed by atoms with Crippen LogP contribution < -0.4 is 10.1 Å². The quantitative estimate of drug-likeness (QED) is 0.882. The Labute approximate surface area is 110 Å². The number of carboxylic acids is 1. The van der Waals surface area contributed by atoms with Crippen molar-refractivity contribution in [2.75, 3.05) is 12.4 Å². The largest absolute Gasteiger partial charge is 0.497 e. The number of aromatic nitrogens is 1. The zero-order chi connectivity index (χ0) is 13.8. The third-order valence-corrected chi connectivity index (χ3v) is 2.71. The van der Waals surface area contributed by atoms with E-state index in [2.05, 4.69) is 10.3 Å². The number of anilines is 2. The van der Waals surface area contributed by atoms with Gasteiger partial charge in [0.15, 0.2) is 0 Å². The third kappa shape index (κ3) is 3.01. The number of nitrogens with one attached hydrogen (secondary N) is 1. The number of hydrogen-bond acceptors (Lipinski definition) is 4. The molecule has 0 aliphatic rings. The van der Waals surface area contributed by atoms with Crippen molar-refractivity contribution in [2.45, 2.75) is 6.92 Å². The summed E-state index contributed by atoms with van der Waals surface area (Å²) in [7, 11) is 1.62. The molecule has 0 amide bonds. The summed E-state index contributed by atoms with van der Waals surface area (Å²) in [4.78, 5) is 14.8. The molecule has 0 fully saturated rings. The Morgan fingerprint density at radius 3 is 2.63 bits per heavy atom. The van der Waals surface area contributed by atoms with Crippen molar-refractivity contribution in [3.63, 3.8) is 0 Å². The molecule has 5 nitrogen and oxygen atoms in total. The van der Waals surface area contributed by atoms with Gasteiger partial charge in [-0.1, -0.05) is 0 Å². The number of benzene rings is 1. The fourth-order valence-corrected chi connectivity index (χ4v) is 1.64. The number of carboxylic acid groups (broad SMARTS) is 1. The number of ether oxygens (including phenoxy) is 1. The van der Waals surface area contributed by atoms with Crippen LogP contribution in [0.1, 0.15) is 15.9 Å². The summed E-state index contributed by atoms with van der Waals surface area (Å²) >= 11 is 0. The molecule has 0 atom stereocenters. The maximum absolute atomic E-state index is 10.7. The molecule has 0 radical (unpaired) electrons. The Morgan fingerprint density at radius 1 is 1.32 bits per heavy atom. The van der Waals surface area contributed by atoms with E-state index in [1.54, 1.807) is 13.2 Å². The van der Waals surface area contributed by atoms with E-state index in [-0.39, 0.29) is 5.56 Å². The average Bonchev–Trinajstić information content (AvgIpc) is 2.41. The second-order valence-electron chi connectivity index (χ2n) is 4.04. The van der Waals surface area contributed by atoms with Gasteiger partial charge in [0.2, 0.25) is 0 Å². The van der Waals surface area contributed by atoms with Crippen LogP contribution in [0.4, 0.5) is 11.5 Å². The lowest BCUT2D eigenvalue weighted by molar-refractivity contribution is 0.0696. The van der Waals surface area contributed by atoms with Gasteiger partial charge in [0.25, 0.3) is 0 Å². The van der Waals surface area contributed by atoms with E-state index in [9.17, 15) is 4.79 Å². The van der Waals surface area contributed by atoms with Crippen molar-refractivity contribution in [3.8, 4) is 5.75 Å². The summed E-state index contributed by atoms with van der Waals surface area (Å²) in [5.41, 5.74) is 2.08. The number of hydrogen-bond donors (Lipinski definition) is 2. The highest BCUT2D eigenvalue weighted by molar-refractivity contribution is 5.87. The van der Waals surface area contributed by atoms with Crippen LogP contribution in [-0.2, 0) is 0 Å². The highest BCUT2D eigenvalue weighted by Gasteiger charge is 2.04.